The fourth-order valence-corrected chi connectivity index (χ4v) is 4.43. The lowest BCUT2D eigenvalue weighted by molar-refractivity contribution is -0.142. The third kappa shape index (κ3) is 3.12. The molecule has 1 amide bonds. The molecule has 1 N–H and O–H groups in total. The van der Waals surface area contributed by atoms with Crippen LogP contribution >= 0.6 is 0 Å². The minimum Gasteiger partial charge on any atom is -0.481 e. The maximum absolute atomic E-state index is 12.9. The Balaban J connectivity index is 1.36. The number of ether oxygens (including phenoxy) is 1. The van der Waals surface area contributed by atoms with Crippen molar-refractivity contribution in [3.8, 4) is 11.1 Å². The standard InChI is InChI=1S/C23H21N3O4/c27-22(28)15-11-25-10-9-24-21(25)13-26(12-15)23(29)30-14-20-18-7-3-1-5-16(18)17-6-2-4-8-19(17)20/h1-10,15,20H,11-14H2,(H,27,28). The molecule has 30 heavy (non-hydrogen) atoms. The van der Waals surface area contributed by atoms with Gasteiger partial charge in [-0.15, -0.1) is 0 Å². The maximum Gasteiger partial charge on any atom is 0.410 e. The molecular formula is C23H21N3O4. The number of aromatic nitrogens is 2. The number of carboxylic acid groups (broad SMARTS) is 1. The normalized spacial score (nSPS) is 17.6. The summed E-state index contributed by atoms with van der Waals surface area (Å²) in [5, 5.41) is 9.53. The molecule has 1 aliphatic carbocycles. The number of imidazole rings is 1. The molecule has 0 fully saturated rings. The predicted octanol–water partition coefficient (Wildman–Crippen LogP) is 3.35. The van der Waals surface area contributed by atoms with Crippen LogP contribution in [0.5, 0.6) is 0 Å². The van der Waals surface area contributed by atoms with E-state index < -0.39 is 18.0 Å². The second-order valence-electron chi connectivity index (χ2n) is 7.72. The number of carboxylic acids is 1. The SMILES string of the molecule is O=C(O)C1CN(C(=O)OCC2c3ccccc3-c3ccccc32)Cc2nccn2C1. The van der Waals surface area contributed by atoms with Crippen LogP contribution in [0.1, 0.15) is 22.9 Å². The van der Waals surface area contributed by atoms with Crippen LogP contribution in [0.15, 0.2) is 60.9 Å². The molecule has 2 heterocycles. The van der Waals surface area contributed by atoms with Gasteiger partial charge in [-0.3, -0.25) is 9.69 Å². The summed E-state index contributed by atoms with van der Waals surface area (Å²) in [5.74, 6) is -1.02. The molecule has 0 bridgehead atoms. The number of carbonyl (C=O) groups excluding carboxylic acids is 1. The van der Waals surface area contributed by atoms with Crippen LogP contribution in [-0.2, 0) is 22.6 Å². The number of hydrogen-bond acceptors (Lipinski definition) is 4. The van der Waals surface area contributed by atoms with Gasteiger partial charge in [-0.2, -0.15) is 0 Å². The highest BCUT2D eigenvalue weighted by atomic mass is 16.6. The Hall–Kier alpha value is -3.61. The van der Waals surface area contributed by atoms with E-state index in [0.717, 1.165) is 22.3 Å². The number of aliphatic carboxylic acids is 1. The third-order valence-corrected chi connectivity index (χ3v) is 5.94. The van der Waals surface area contributed by atoms with Crippen LogP contribution in [0.2, 0.25) is 0 Å². The molecule has 1 aliphatic heterocycles. The third-order valence-electron chi connectivity index (χ3n) is 5.94. The van der Waals surface area contributed by atoms with E-state index >= 15 is 0 Å². The Morgan fingerprint density at radius 1 is 1.03 bits per heavy atom. The first-order chi connectivity index (χ1) is 14.6. The lowest BCUT2D eigenvalue weighted by Crippen LogP contribution is -2.37. The zero-order valence-corrected chi connectivity index (χ0v) is 16.3. The number of rotatable bonds is 3. The van der Waals surface area contributed by atoms with Crippen molar-refractivity contribution in [2.75, 3.05) is 13.2 Å². The summed E-state index contributed by atoms with van der Waals surface area (Å²) in [6, 6.07) is 16.3. The summed E-state index contributed by atoms with van der Waals surface area (Å²) in [5.41, 5.74) is 4.61. The number of nitrogens with zero attached hydrogens (tertiary/aromatic N) is 3. The quantitative estimate of drug-likeness (QED) is 0.725. The zero-order valence-electron chi connectivity index (χ0n) is 16.3. The fourth-order valence-electron chi connectivity index (χ4n) is 4.43. The van der Waals surface area contributed by atoms with E-state index in [1.54, 1.807) is 17.0 Å². The van der Waals surface area contributed by atoms with Gasteiger partial charge in [0.1, 0.15) is 12.4 Å². The largest absolute Gasteiger partial charge is 0.481 e. The predicted molar refractivity (Wildman–Crippen MR) is 109 cm³/mol. The van der Waals surface area contributed by atoms with Crippen LogP contribution in [0.3, 0.4) is 0 Å². The number of hydrogen-bond donors (Lipinski definition) is 1. The summed E-state index contributed by atoms with van der Waals surface area (Å²) in [6.45, 7) is 0.816. The van der Waals surface area contributed by atoms with Gasteiger partial charge in [0.15, 0.2) is 0 Å². The van der Waals surface area contributed by atoms with Crippen molar-refractivity contribution in [2.45, 2.75) is 19.0 Å². The molecule has 1 unspecified atom stereocenters. The van der Waals surface area contributed by atoms with E-state index in [-0.39, 0.29) is 32.2 Å². The zero-order chi connectivity index (χ0) is 20.7. The van der Waals surface area contributed by atoms with Gasteiger partial charge >= 0.3 is 12.1 Å². The van der Waals surface area contributed by atoms with Crippen molar-refractivity contribution in [3.63, 3.8) is 0 Å². The second kappa shape index (κ2) is 7.33. The Morgan fingerprint density at radius 3 is 2.37 bits per heavy atom. The van der Waals surface area contributed by atoms with Gasteiger partial charge < -0.3 is 14.4 Å². The molecule has 7 nitrogen and oxygen atoms in total. The van der Waals surface area contributed by atoms with E-state index in [1.807, 2.05) is 24.3 Å². The molecule has 2 aliphatic rings. The smallest absolute Gasteiger partial charge is 0.410 e. The van der Waals surface area contributed by atoms with Crippen molar-refractivity contribution < 1.29 is 19.4 Å². The average Bonchev–Trinajstić information content (AvgIpc) is 3.27. The molecule has 0 saturated heterocycles. The summed E-state index contributed by atoms with van der Waals surface area (Å²) in [4.78, 5) is 30.2. The first-order valence-corrected chi connectivity index (χ1v) is 9.94. The lowest BCUT2D eigenvalue weighted by Gasteiger charge is -2.23. The molecule has 0 spiro atoms. The topological polar surface area (TPSA) is 84.7 Å². The second-order valence-corrected chi connectivity index (χ2v) is 7.72. The van der Waals surface area contributed by atoms with Crippen LogP contribution in [0.25, 0.3) is 11.1 Å². The van der Waals surface area contributed by atoms with Crippen molar-refractivity contribution in [1.29, 1.82) is 0 Å². The number of fused-ring (bicyclic) bond motifs is 4. The molecule has 1 atom stereocenters. The van der Waals surface area contributed by atoms with Crippen LogP contribution in [0, 0.1) is 5.92 Å². The van der Waals surface area contributed by atoms with E-state index in [2.05, 4.69) is 29.2 Å². The van der Waals surface area contributed by atoms with E-state index in [4.69, 9.17) is 4.74 Å². The molecule has 7 heteroatoms. The summed E-state index contributed by atoms with van der Waals surface area (Å²) in [6.07, 6.45) is 2.85. The van der Waals surface area contributed by atoms with E-state index in [0.29, 0.717) is 5.82 Å². The number of benzene rings is 2. The molecule has 152 valence electrons. The first-order valence-electron chi connectivity index (χ1n) is 9.94. The van der Waals surface area contributed by atoms with Gasteiger partial charge in [0.25, 0.3) is 0 Å². The highest BCUT2D eigenvalue weighted by molar-refractivity contribution is 5.79. The fraction of sp³-hybridized carbons (Fsp3) is 0.261. The number of amides is 1. The van der Waals surface area contributed by atoms with Gasteiger partial charge in [0.2, 0.25) is 0 Å². The maximum atomic E-state index is 12.9. The molecule has 0 radical (unpaired) electrons. The Morgan fingerprint density at radius 2 is 1.70 bits per heavy atom. The first kappa shape index (κ1) is 18.4. The van der Waals surface area contributed by atoms with Crippen molar-refractivity contribution in [1.82, 2.24) is 14.5 Å². The Labute approximate surface area is 173 Å². The minimum atomic E-state index is -0.937. The van der Waals surface area contributed by atoms with Crippen molar-refractivity contribution >= 4 is 12.1 Å². The summed E-state index contributed by atoms with van der Waals surface area (Å²) in [7, 11) is 0. The monoisotopic (exact) mass is 403 g/mol. The molecular weight excluding hydrogens is 382 g/mol. The van der Waals surface area contributed by atoms with Gasteiger partial charge in [-0.05, 0) is 22.3 Å². The molecule has 3 aromatic rings. The summed E-state index contributed by atoms with van der Waals surface area (Å²) < 4.78 is 7.50. The molecule has 1 aromatic heterocycles. The lowest BCUT2D eigenvalue weighted by atomic mass is 9.98. The van der Waals surface area contributed by atoms with Gasteiger partial charge in [-0.25, -0.2) is 9.78 Å². The molecule has 2 aromatic carbocycles. The van der Waals surface area contributed by atoms with Gasteiger partial charge in [-0.1, -0.05) is 48.5 Å². The minimum absolute atomic E-state index is 0.0365. The highest BCUT2D eigenvalue weighted by Crippen LogP contribution is 2.44. The average molecular weight is 403 g/mol. The van der Waals surface area contributed by atoms with E-state index in [9.17, 15) is 14.7 Å². The van der Waals surface area contributed by atoms with Crippen LogP contribution in [-0.4, -0.2) is 44.8 Å². The molecule has 5 rings (SSSR count). The van der Waals surface area contributed by atoms with Crippen molar-refractivity contribution in [2.24, 2.45) is 5.92 Å². The van der Waals surface area contributed by atoms with Gasteiger partial charge in [0, 0.05) is 31.4 Å². The Bertz CT molecular complexity index is 1080. The van der Waals surface area contributed by atoms with Crippen LogP contribution in [0.4, 0.5) is 4.79 Å². The van der Waals surface area contributed by atoms with Crippen LogP contribution < -0.4 is 0 Å². The number of carbonyl (C=O) groups is 2. The summed E-state index contributed by atoms with van der Waals surface area (Å²) >= 11 is 0. The molecule has 0 saturated carbocycles. The highest BCUT2D eigenvalue weighted by Gasteiger charge is 2.33. The Kier molecular flexibility index (Phi) is 4.50. The van der Waals surface area contributed by atoms with Crippen molar-refractivity contribution in [3.05, 3.63) is 77.9 Å². The van der Waals surface area contributed by atoms with Gasteiger partial charge in [0.05, 0.1) is 12.5 Å². The van der Waals surface area contributed by atoms with E-state index in [1.165, 1.54) is 4.90 Å².